The second kappa shape index (κ2) is 4.58. The highest BCUT2D eigenvalue weighted by Crippen LogP contribution is 2.28. The minimum absolute atomic E-state index is 0.345. The van der Waals surface area contributed by atoms with E-state index in [2.05, 4.69) is 6.07 Å². The first kappa shape index (κ1) is 11.5. The van der Waals surface area contributed by atoms with Gasteiger partial charge in [-0.25, -0.2) is 4.79 Å². The van der Waals surface area contributed by atoms with Gasteiger partial charge in [0.1, 0.15) is 5.58 Å². The number of aryl methyl sites for hydroxylation is 1. The van der Waals surface area contributed by atoms with Crippen LogP contribution in [0, 0.1) is 11.3 Å². The molecule has 1 aromatic heterocycles. The highest BCUT2D eigenvalue weighted by Gasteiger charge is 2.08. The lowest BCUT2D eigenvalue weighted by Gasteiger charge is -2.07. The molecule has 0 bridgehead atoms. The van der Waals surface area contributed by atoms with E-state index in [4.69, 9.17) is 9.68 Å². The molecule has 3 heteroatoms. The van der Waals surface area contributed by atoms with E-state index >= 15 is 0 Å². The fourth-order valence-corrected chi connectivity index (χ4v) is 2.38. The van der Waals surface area contributed by atoms with Crippen molar-refractivity contribution in [2.24, 2.45) is 0 Å². The summed E-state index contributed by atoms with van der Waals surface area (Å²) < 4.78 is 5.31. The number of fused-ring (bicyclic) bond motifs is 3. The van der Waals surface area contributed by atoms with Gasteiger partial charge in [-0.15, -0.1) is 0 Å². The normalized spacial score (nSPS) is 10.7. The molecule has 3 aromatic rings. The molecule has 0 unspecified atom stereocenters. The molecule has 3 nitrogen and oxygen atoms in total. The Morgan fingerprint density at radius 3 is 2.68 bits per heavy atom. The molecule has 0 aliphatic heterocycles. The number of nitrogens with zero attached hydrogens (tertiary/aromatic N) is 1. The van der Waals surface area contributed by atoms with E-state index in [9.17, 15) is 4.79 Å². The van der Waals surface area contributed by atoms with E-state index in [0.29, 0.717) is 18.4 Å². The van der Waals surface area contributed by atoms with Crippen LogP contribution < -0.4 is 5.63 Å². The van der Waals surface area contributed by atoms with E-state index in [1.54, 1.807) is 6.07 Å². The number of rotatable bonds is 2. The molecule has 1 heterocycles. The minimum atomic E-state index is -0.345. The molecule has 0 saturated carbocycles. The average Bonchev–Trinajstić information content (AvgIpc) is 2.45. The van der Waals surface area contributed by atoms with Crippen LogP contribution in [0.5, 0.6) is 0 Å². The van der Waals surface area contributed by atoms with E-state index in [1.807, 2.05) is 30.3 Å². The van der Waals surface area contributed by atoms with Crippen molar-refractivity contribution in [3.05, 3.63) is 58.4 Å². The van der Waals surface area contributed by atoms with Crippen LogP contribution in [0.25, 0.3) is 21.7 Å². The van der Waals surface area contributed by atoms with Gasteiger partial charge in [0.2, 0.25) is 0 Å². The standard InChI is InChI=1S/C16H11NO2/c17-9-3-4-11-10-12-7-8-15(18)19-16(12)14-6-2-1-5-13(11)14/h1-2,5-8,10H,3-4H2. The third-order valence-electron chi connectivity index (χ3n) is 3.22. The minimum Gasteiger partial charge on any atom is -0.422 e. The van der Waals surface area contributed by atoms with E-state index in [-0.39, 0.29) is 5.63 Å². The highest BCUT2D eigenvalue weighted by molar-refractivity contribution is 6.05. The molecule has 0 radical (unpaired) electrons. The smallest absolute Gasteiger partial charge is 0.336 e. The second-order valence-corrected chi connectivity index (χ2v) is 4.41. The molecular formula is C16H11NO2. The summed E-state index contributed by atoms with van der Waals surface area (Å²) >= 11 is 0. The number of nitriles is 1. The van der Waals surface area contributed by atoms with Crippen molar-refractivity contribution < 1.29 is 4.42 Å². The Labute approximate surface area is 109 Å². The quantitative estimate of drug-likeness (QED) is 0.516. The third kappa shape index (κ3) is 1.98. The summed E-state index contributed by atoms with van der Waals surface area (Å²) in [5.41, 5.74) is 1.38. The van der Waals surface area contributed by atoms with Gasteiger partial charge >= 0.3 is 5.63 Å². The molecule has 0 spiro atoms. The summed E-state index contributed by atoms with van der Waals surface area (Å²) in [5, 5.41) is 11.6. The van der Waals surface area contributed by atoms with Crippen molar-refractivity contribution >= 4 is 21.7 Å². The summed E-state index contributed by atoms with van der Waals surface area (Å²) in [7, 11) is 0. The zero-order valence-electron chi connectivity index (χ0n) is 10.2. The van der Waals surface area contributed by atoms with Gasteiger partial charge in [-0.05, 0) is 29.5 Å². The zero-order chi connectivity index (χ0) is 13.2. The first-order chi connectivity index (χ1) is 9.29. The molecule has 19 heavy (non-hydrogen) atoms. The van der Waals surface area contributed by atoms with Gasteiger partial charge in [0, 0.05) is 23.3 Å². The van der Waals surface area contributed by atoms with Crippen LogP contribution in [0.4, 0.5) is 0 Å². The maximum absolute atomic E-state index is 11.4. The number of benzene rings is 2. The van der Waals surface area contributed by atoms with Crippen molar-refractivity contribution in [1.82, 2.24) is 0 Å². The maximum Gasteiger partial charge on any atom is 0.336 e. The second-order valence-electron chi connectivity index (χ2n) is 4.41. The Morgan fingerprint density at radius 1 is 1.11 bits per heavy atom. The fourth-order valence-electron chi connectivity index (χ4n) is 2.38. The number of hydrogen-bond acceptors (Lipinski definition) is 3. The van der Waals surface area contributed by atoms with E-state index < -0.39 is 0 Å². The van der Waals surface area contributed by atoms with Crippen molar-refractivity contribution in [3.8, 4) is 6.07 Å². The molecule has 0 aliphatic rings. The topological polar surface area (TPSA) is 54.0 Å². The third-order valence-corrected chi connectivity index (χ3v) is 3.22. The number of hydrogen-bond donors (Lipinski definition) is 0. The highest BCUT2D eigenvalue weighted by atomic mass is 16.4. The van der Waals surface area contributed by atoms with Crippen LogP contribution in [-0.4, -0.2) is 0 Å². The zero-order valence-corrected chi connectivity index (χ0v) is 10.2. The van der Waals surface area contributed by atoms with Crippen LogP contribution in [0.2, 0.25) is 0 Å². The Hall–Kier alpha value is -2.60. The summed E-state index contributed by atoms with van der Waals surface area (Å²) in [4.78, 5) is 11.4. The Bertz CT molecular complexity index is 856. The largest absolute Gasteiger partial charge is 0.422 e. The monoisotopic (exact) mass is 249 g/mol. The molecule has 0 N–H and O–H groups in total. The first-order valence-electron chi connectivity index (χ1n) is 6.11. The molecule has 0 aliphatic carbocycles. The van der Waals surface area contributed by atoms with Gasteiger partial charge in [-0.2, -0.15) is 5.26 Å². The predicted octanol–water partition coefficient (Wildman–Crippen LogP) is 3.40. The van der Waals surface area contributed by atoms with Crippen molar-refractivity contribution in [2.75, 3.05) is 0 Å². The average molecular weight is 249 g/mol. The van der Waals surface area contributed by atoms with Gasteiger partial charge in [-0.1, -0.05) is 24.3 Å². The lowest BCUT2D eigenvalue weighted by molar-refractivity contribution is 0.564. The van der Waals surface area contributed by atoms with Crippen LogP contribution in [0.3, 0.4) is 0 Å². The van der Waals surface area contributed by atoms with Crippen molar-refractivity contribution in [3.63, 3.8) is 0 Å². The summed E-state index contributed by atoms with van der Waals surface area (Å²) in [5.74, 6) is 0. The van der Waals surface area contributed by atoms with Gasteiger partial charge in [0.15, 0.2) is 0 Å². The summed E-state index contributed by atoms with van der Waals surface area (Å²) in [6.07, 6.45) is 1.18. The lowest BCUT2D eigenvalue weighted by atomic mass is 9.98. The van der Waals surface area contributed by atoms with E-state index in [0.717, 1.165) is 21.7 Å². The first-order valence-corrected chi connectivity index (χ1v) is 6.11. The Kier molecular flexibility index (Phi) is 2.77. The molecule has 92 valence electrons. The van der Waals surface area contributed by atoms with Gasteiger partial charge < -0.3 is 4.42 Å². The van der Waals surface area contributed by atoms with Gasteiger partial charge in [-0.3, -0.25) is 0 Å². The fraction of sp³-hybridized carbons (Fsp3) is 0.125. The van der Waals surface area contributed by atoms with E-state index in [1.165, 1.54) is 6.07 Å². The molecule has 0 amide bonds. The van der Waals surface area contributed by atoms with Crippen molar-refractivity contribution in [1.29, 1.82) is 5.26 Å². The summed E-state index contributed by atoms with van der Waals surface area (Å²) in [6, 6.07) is 15.2. The maximum atomic E-state index is 11.4. The SMILES string of the molecule is N#CCCc1cc2ccc(=O)oc2c2ccccc12. The van der Waals surface area contributed by atoms with Gasteiger partial charge in [0.05, 0.1) is 6.07 Å². The molecule has 0 fully saturated rings. The van der Waals surface area contributed by atoms with Crippen LogP contribution in [0.1, 0.15) is 12.0 Å². The molecule has 0 saturated heterocycles. The Balaban J connectivity index is 2.40. The van der Waals surface area contributed by atoms with Crippen LogP contribution >= 0.6 is 0 Å². The van der Waals surface area contributed by atoms with Crippen LogP contribution in [-0.2, 0) is 6.42 Å². The molecular weight excluding hydrogens is 238 g/mol. The summed E-state index contributed by atoms with van der Waals surface area (Å²) in [6.45, 7) is 0. The van der Waals surface area contributed by atoms with Crippen molar-refractivity contribution in [2.45, 2.75) is 12.8 Å². The molecule has 2 aromatic carbocycles. The Morgan fingerprint density at radius 2 is 1.89 bits per heavy atom. The molecule has 3 rings (SSSR count). The molecule has 0 atom stereocenters. The van der Waals surface area contributed by atoms with Gasteiger partial charge in [0.25, 0.3) is 0 Å². The predicted molar refractivity (Wildman–Crippen MR) is 73.9 cm³/mol. The van der Waals surface area contributed by atoms with Crippen LogP contribution in [0.15, 0.2) is 51.7 Å². The lowest BCUT2D eigenvalue weighted by Crippen LogP contribution is -1.96.